The second kappa shape index (κ2) is 2.82. The number of hydrogen-bond donors (Lipinski definition) is 1. The summed E-state index contributed by atoms with van der Waals surface area (Å²) in [6, 6.07) is 6.93. The van der Waals surface area contributed by atoms with Crippen LogP contribution < -0.4 is 0 Å². The van der Waals surface area contributed by atoms with Crippen LogP contribution >= 0.6 is 0 Å². The third-order valence-corrected chi connectivity index (χ3v) is 2.56. The Bertz CT molecular complexity index is 384. The molecule has 0 radical (unpaired) electrons. The van der Waals surface area contributed by atoms with E-state index in [1.807, 2.05) is 13.8 Å². The lowest BCUT2D eigenvalue weighted by molar-refractivity contribution is -0.193. The Morgan fingerprint density at radius 3 is 2.64 bits per heavy atom. The molecular weight excluding hydrogens is 180 g/mol. The van der Waals surface area contributed by atoms with Gasteiger partial charge in [0.25, 0.3) is 0 Å². The zero-order valence-electron chi connectivity index (χ0n) is 8.15. The minimum atomic E-state index is -1.45. The molecule has 14 heavy (non-hydrogen) atoms. The predicted molar refractivity (Wildman–Crippen MR) is 50.6 cm³/mol. The van der Waals surface area contributed by atoms with Crippen LogP contribution in [0.5, 0.6) is 0 Å². The van der Waals surface area contributed by atoms with Crippen LogP contribution in [0.4, 0.5) is 0 Å². The van der Waals surface area contributed by atoms with E-state index in [9.17, 15) is 9.90 Å². The topological polar surface area (TPSA) is 46.5 Å². The van der Waals surface area contributed by atoms with E-state index in [1.54, 1.807) is 24.3 Å². The van der Waals surface area contributed by atoms with Gasteiger partial charge in [-0.1, -0.05) is 32.0 Å². The molecule has 0 bridgehead atoms. The van der Waals surface area contributed by atoms with E-state index >= 15 is 0 Å². The zero-order chi connectivity index (χ0) is 10.3. The first-order chi connectivity index (χ1) is 6.55. The molecule has 1 aromatic carbocycles. The molecule has 3 heteroatoms. The molecule has 0 spiro atoms. The molecular formula is C11H12O3. The molecule has 1 aromatic rings. The van der Waals surface area contributed by atoms with E-state index < -0.39 is 11.8 Å². The van der Waals surface area contributed by atoms with Crippen LogP contribution in [0.25, 0.3) is 0 Å². The van der Waals surface area contributed by atoms with Crippen LogP contribution in [-0.2, 0) is 10.5 Å². The van der Waals surface area contributed by atoms with Gasteiger partial charge in [-0.25, -0.2) is 4.79 Å². The van der Waals surface area contributed by atoms with Gasteiger partial charge in [0, 0.05) is 11.5 Å². The Balaban J connectivity index is 2.59. The highest BCUT2D eigenvalue weighted by atomic mass is 16.7. The fraction of sp³-hybridized carbons (Fsp3) is 0.364. The number of carbonyl (C=O) groups excluding carboxylic acids is 1. The van der Waals surface area contributed by atoms with E-state index in [0.29, 0.717) is 11.1 Å². The Hall–Kier alpha value is -1.35. The summed E-state index contributed by atoms with van der Waals surface area (Å²) in [5, 5.41) is 10.1. The van der Waals surface area contributed by atoms with Crippen molar-refractivity contribution < 1.29 is 14.6 Å². The summed E-state index contributed by atoms with van der Waals surface area (Å²) in [4.78, 5) is 11.4. The first-order valence-corrected chi connectivity index (χ1v) is 4.61. The second-order valence-electron chi connectivity index (χ2n) is 3.79. The first kappa shape index (κ1) is 9.21. The van der Waals surface area contributed by atoms with Gasteiger partial charge in [-0.2, -0.15) is 0 Å². The van der Waals surface area contributed by atoms with Gasteiger partial charge < -0.3 is 9.84 Å². The number of rotatable bonds is 1. The Morgan fingerprint density at radius 1 is 1.36 bits per heavy atom. The smallest absolute Gasteiger partial charge is 0.341 e. The van der Waals surface area contributed by atoms with Crippen molar-refractivity contribution in [2.75, 3.05) is 0 Å². The maximum atomic E-state index is 11.4. The lowest BCUT2D eigenvalue weighted by Gasteiger charge is -2.26. The van der Waals surface area contributed by atoms with Gasteiger partial charge in [-0.15, -0.1) is 0 Å². The largest absolute Gasteiger partial charge is 0.425 e. The fourth-order valence-corrected chi connectivity index (χ4v) is 1.65. The number of hydrogen-bond acceptors (Lipinski definition) is 3. The average Bonchev–Trinajstić information content (AvgIpc) is 2.42. The summed E-state index contributed by atoms with van der Waals surface area (Å²) < 4.78 is 5.00. The van der Waals surface area contributed by atoms with Crippen LogP contribution in [0.2, 0.25) is 0 Å². The summed E-state index contributed by atoms with van der Waals surface area (Å²) in [6.45, 7) is 3.63. The van der Waals surface area contributed by atoms with E-state index in [2.05, 4.69) is 0 Å². The molecule has 0 aliphatic carbocycles. The lowest BCUT2D eigenvalue weighted by atomic mass is 9.93. The maximum Gasteiger partial charge on any atom is 0.341 e. The van der Waals surface area contributed by atoms with Gasteiger partial charge in [-0.05, 0) is 6.07 Å². The van der Waals surface area contributed by atoms with Crippen LogP contribution in [-0.4, -0.2) is 11.1 Å². The van der Waals surface area contributed by atoms with Crippen LogP contribution in [0.3, 0.4) is 0 Å². The summed E-state index contributed by atoms with van der Waals surface area (Å²) >= 11 is 0. The molecule has 74 valence electrons. The van der Waals surface area contributed by atoms with Gasteiger partial charge in [0.2, 0.25) is 5.79 Å². The van der Waals surface area contributed by atoms with Gasteiger partial charge in [0.05, 0.1) is 5.56 Å². The number of aliphatic hydroxyl groups is 1. The van der Waals surface area contributed by atoms with Crippen molar-refractivity contribution in [3.8, 4) is 0 Å². The number of fused-ring (bicyclic) bond motifs is 1. The van der Waals surface area contributed by atoms with Crippen LogP contribution in [0, 0.1) is 5.92 Å². The van der Waals surface area contributed by atoms with Gasteiger partial charge in [0.1, 0.15) is 0 Å². The van der Waals surface area contributed by atoms with Crippen molar-refractivity contribution in [2.45, 2.75) is 19.6 Å². The average molecular weight is 192 g/mol. The summed E-state index contributed by atoms with van der Waals surface area (Å²) in [5.41, 5.74) is 1.03. The van der Waals surface area contributed by atoms with Crippen LogP contribution in [0.1, 0.15) is 29.8 Å². The molecule has 2 rings (SSSR count). The number of cyclic esters (lactones) is 1. The summed E-state index contributed by atoms with van der Waals surface area (Å²) in [7, 11) is 0. The van der Waals surface area contributed by atoms with Crippen molar-refractivity contribution in [1.82, 2.24) is 0 Å². The number of ether oxygens (including phenoxy) is 1. The quantitative estimate of drug-likeness (QED) is 0.688. The summed E-state index contributed by atoms with van der Waals surface area (Å²) in [5.74, 6) is -2.06. The van der Waals surface area contributed by atoms with E-state index in [1.165, 1.54) is 0 Å². The van der Waals surface area contributed by atoms with Crippen molar-refractivity contribution in [2.24, 2.45) is 5.92 Å². The number of esters is 1. The third kappa shape index (κ3) is 1.06. The Labute approximate surface area is 82.3 Å². The van der Waals surface area contributed by atoms with E-state index in [-0.39, 0.29) is 5.92 Å². The molecule has 1 aliphatic heterocycles. The van der Waals surface area contributed by atoms with Crippen molar-refractivity contribution in [1.29, 1.82) is 0 Å². The molecule has 1 atom stereocenters. The minimum absolute atomic E-state index is 0.157. The highest BCUT2D eigenvalue weighted by molar-refractivity contribution is 5.94. The Kier molecular flexibility index (Phi) is 1.86. The normalized spacial score (nSPS) is 25.0. The number of carbonyl (C=O) groups is 1. The predicted octanol–water partition coefficient (Wildman–Crippen LogP) is 1.66. The molecule has 1 aliphatic rings. The molecule has 0 saturated heterocycles. The molecule has 0 saturated carbocycles. The molecule has 1 heterocycles. The molecule has 1 N–H and O–H groups in total. The van der Waals surface area contributed by atoms with Gasteiger partial charge in [0.15, 0.2) is 0 Å². The molecule has 0 fully saturated rings. The maximum absolute atomic E-state index is 11.4. The second-order valence-corrected chi connectivity index (χ2v) is 3.79. The SMILES string of the molecule is CC(C)C1(O)OC(=O)c2ccccc21. The molecule has 1 unspecified atom stereocenters. The molecule has 0 aromatic heterocycles. The van der Waals surface area contributed by atoms with E-state index in [0.717, 1.165) is 0 Å². The first-order valence-electron chi connectivity index (χ1n) is 4.61. The summed E-state index contributed by atoms with van der Waals surface area (Å²) in [6.07, 6.45) is 0. The van der Waals surface area contributed by atoms with Crippen LogP contribution in [0.15, 0.2) is 24.3 Å². The Morgan fingerprint density at radius 2 is 2.00 bits per heavy atom. The van der Waals surface area contributed by atoms with Crippen molar-refractivity contribution in [3.63, 3.8) is 0 Å². The zero-order valence-corrected chi connectivity index (χ0v) is 8.15. The highest BCUT2D eigenvalue weighted by Gasteiger charge is 2.46. The third-order valence-electron chi connectivity index (χ3n) is 2.56. The van der Waals surface area contributed by atoms with Crippen molar-refractivity contribution in [3.05, 3.63) is 35.4 Å². The highest BCUT2D eigenvalue weighted by Crippen LogP contribution is 2.39. The van der Waals surface area contributed by atoms with Crippen molar-refractivity contribution >= 4 is 5.97 Å². The minimum Gasteiger partial charge on any atom is -0.425 e. The van der Waals surface area contributed by atoms with E-state index in [4.69, 9.17) is 4.74 Å². The molecule has 0 amide bonds. The monoisotopic (exact) mass is 192 g/mol. The lowest BCUT2D eigenvalue weighted by Crippen LogP contribution is -2.31. The van der Waals surface area contributed by atoms with Gasteiger partial charge >= 0.3 is 5.97 Å². The number of benzene rings is 1. The standard InChI is InChI=1S/C11H12O3/c1-7(2)11(13)9-6-4-3-5-8(9)10(12)14-11/h3-7,13H,1-2H3. The fourth-order valence-electron chi connectivity index (χ4n) is 1.65. The molecule has 3 nitrogen and oxygen atoms in total. The van der Waals surface area contributed by atoms with Gasteiger partial charge in [-0.3, -0.25) is 0 Å².